The summed E-state index contributed by atoms with van der Waals surface area (Å²) in [6.45, 7) is 4.02. The van der Waals surface area contributed by atoms with Crippen molar-refractivity contribution in [2.45, 2.75) is 13.8 Å². The zero-order valence-corrected chi connectivity index (χ0v) is 11.6. The molecule has 1 aromatic heterocycles. The quantitative estimate of drug-likeness (QED) is 0.706. The van der Waals surface area contributed by atoms with E-state index in [-0.39, 0.29) is 0 Å². The van der Waals surface area contributed by atoms with E-state index in [4.69, 9.17) is 4.74 Å². The predicted octanol–water partition coefficient (Wildman–Crippen LogP) is 4.28. The maximum Gasteiger partial charge on any atom is 0.225 e. The Kier molecular flexibility index (Phi) is 3.25. The highest BCUT2D eigenvalue weighted by Gasteiger charge is 2.15. The standard InChI is InChI=1S/C17H16N2O/c1-13-14(2)18-19(15-9-5-3-6-10-15)17(13)20-16-11-7-4-8-12-16/h3-12H,1-2H3. The van der Waals surface area contributed by atoms with Crippen LogP contribution in [0.3, 0.4) is 0 Å². The van der Waals surface area contributed by atoms with Gasteiger partial charge < -0.3 is 4.74 Å². The fraction of sp³-hybridized carbons (Fsp3) is 0.118. The van der Waals surface area contributed by atoms with Crippen molar-refractivity contribution < 1.29 is 4.74 Å². The highest BCUT2D eigenvalue weighted by atomic mass is 16.5. The molecule has 0 amide bonds. The lowest BCUT2D eigenvalue weighted by molar-refractivity contribution is 0.441. The summed E-state index contributed by atoms with van der Waals surface area (Å²) in [4.78, 5) is 0. The lowest BCUT2D eigenvalue weighted by atomic mass is 10.3. The van der Waals surface area contributed by atoms with E-state index in [9.17, 15) is 0 Å². The number of benzene rings is 2. The second-order valence-corrected chi connectivity index (χ2v) is 4.68. The van der Waals surface area contributed by atoms with E-state index in [1.54, 1.807) is 0 Å². The lowest BCUT2D eigenvalue weighted by Crippen LogP contribution is -1.99. The van der Waals surface area contributed by atoms with E-state index in [1.165, 1.54) is 0 Å². The van der Waals surface area contributed by atoms with Gasteiger partial charge in [-0.25, -0.2) is 4.68 Å². The number of aromatic nitrogens is 2. The van der Waals surface area contributed by atoms with Crippen LogP contribution in [0, 0.1) is 13.8 Å². The molecule has 0 aliphatic carbocycles. The molecule has 0 N–H and O–H groups in total. The zero-order chi connectivity index (χ0) is 13.9. The van der Waals surface area contributed by atoms with Crippen LogP contribution in [0.5, 0.6) is 11.6 Å². The number of hydrogen-bond donors (Lipinski definition) is 0. The van der Waals surface area contributed by atoms with E-state index < -0.39 is 0 Å². The number of nitrogens with zero attached hydrogens (tertiary/aromatic N) is 2. The zero-order valence-electron chi connectivity index (χ0n) is 11.6. The van der Waals surface area contributed by atoms with E-state index in [2.05, 4.69) is 5.10 Å². The molecular formula is C17H16N2O. The second kappa shape index (κ2) is 5.21. The minimum Gasteiger partial charge on any atom is -0.439 e. The monoisotopic (exact) mass is 264 g/mol. The molecule has 0 saturated heterocycles. The highest BCUT2D eigenvalue weighted by Crippen LogP contribution is 2.29. The lowest BCUT2D eigenvalue weighted by Gasteiger charge is -2.09. The van der Waals surface area contributed by atoms with Gasteiger partial charge in [-0.3, -0.25) is 0 Å². The van der Waals surface area contributed by atoms with Crippen molar-refractivity contribution in [1.82, 2.24) is 9.78 Å². The molecule has 0 atom stereocenters. The van der Waals surface area contributed by atoms with Gasteiger partial charge >= 0.3 is 0 Å². The van der Waals surface area contributed by atoms with Gasteiger partial charge in [0.15, 0.2) is 0 Å². The summed E-state index contributed by atoms with van der Waals surface area (Å²) >= 11 is 0. The van der Waals surface area contributed by atoms with Crippen LogP contribution < -0.4 is 4.74 Å². The first kappa shape index (κ1) is 12.5. The number of aryl methyl sites for hydroxylation is 1. The minimum atomic E-state index is 0.764. The van der Waals surface area contributed by atoms with Gasteiger partial charge in [-0.15, -0.1) is 0 Å². The van der Waals surface area contributed by atoms with Crippen molar-refractivity contribution in [1.29, 1.82) is 0 Å². The first-order valence-electron chi connectivity index (χ1n) is 6.60. The topological polar surface area (TPSA) is 27.1 Å². The van der Waals surface area contributed by atoms with Gasteiger partial charge in [-0.05, 0) is 38.1 Å². The Hall–Kier alpha value is -2.55. The van der Waals surface area contributed by atoms with Crippen LogP contribution in [0.15, 0.2) is 60.7 Å². The Balaban J connectivity index is 2.06. The van der Waals surface area contributed by atoms with Crippen LogP contribution in [0.1, 0.15) is 11.3 Å². The van der Waals surface area contributed by atoms with Gasteiger partial charge in [-0.1, -0.05) is 36.4 Å². The van der Waals surface area contributed by atoms with Gasteiger partial charge in [0, 0.05) is 5.56 Å². The molecule has 0 saturated carbocycles. The number of rotatable bonds is 3. The molecule has 0 aliphatic rings. The first-order valence-corrected chi connectivity index (χ1v) is 6.60. The molecule has 1 heterocycles. The third-order valence-electron chi connectivity index (χ3n) is 3.26. The molecule has 20 heavy (non-hydrogen) atoms. The SMILES string of the molecule is Cc1nn(-c2ccccc2)c(Oc2ccccc2)c1C. The third kappa shape index (κ3) is 2.30. The predicted molar refractivity (Wildman–Crippen MR) is 79.6 cm³/mol. The molecule has 100 valence electrons. The average Bonchev–Trinajstić information content (AvgIpc) is 2.78. The van der Waals surface area contributed by atoms with Crippen molar-refractivity contribution in [2.75, 3.05) is 0 Å². The van der Waals surface area contributed by atoms with E-state index in [1.807, 2.05) is 79.2 Å². The van der Waals surface area contributed by atoms with Gasteiger partial charge in [-0.2, -0.15) is 5.10 Å². The van der Waals surface area contributed by atoms with Crippen LogP contribution in [0.25, 0.3) is 5.69 Å². The summed E-state index contributed by atoms with van der Waals surface area (Å²) in [5.41, 5.74) is 3.02. The van der Waals surface area contributed by atoms with Crippen LogP contribution in [0.4, 0.5) is 0 Å². The molecule has 2 aromatic carbocycles. The molecule has 0 radical (unpaired) electrons. The highest BCUT2D eigenvalue weighted by molar-refractivity contribution is 5.42. The smallest absolute Gasteiger partial charge is 0.225 e. The summed E-state index contributed by atoms with van der Waals surface area (Å²) in [5.74, 6) is 1.58. The molecule has 0 fully saturated rings. The maximum atomic E-state index is 6.02. The molecule has 3 nitrogen and oxygen atoms in total. The van der Waals surface area contributed by atoms with Crippen LogP contribution in [0.2, 0.25) is 0 Å². The van der Waals surface area contributed by atoms with Gasteiger partial charge in [0.25, 0.3) is 0 Å². The fourth-order valence-electron chi connectivity index (χ4n) is 2.05. The Bertz CT molecular complexity index is 703. The van der Waals surface area contributed by atoms with Crippen LogP contribution in [-0.4, -0.2) is 9.78 Å². The van der Waals surface area contributed by atoms with Gasteiger partial charge in [0.1, 0.15) is 5.75 Å². The van der Waals surface area contributed by atoms with Crippen LogP contribution in [-0.2, 0) is 0 Å². The fourth-order valence-corrected chi connectivity index (χ4v) is 2.05. The molecule has 0 bridgehead atoms. The van der Waals surface area contributed by atoms with Crippen molar-refractivity contribution in [3.63, 3.8) is 0 Å². The third-order valence-corrected chi connectivity index (χ3v) is 3.26. The molecular weight excluding hydrogens is 248 g/mol. The van der Waals surface area contributed by atoms with E-state index >= 15 is 0 Å². The summed E-state index contributed by atoms with van der Waals surface area (Å²) < 4.78 is 7.86. The molecule has 3 heteroatoms. The average molecular weight is 264 g/mol. The van der Waals surface area contributed by atoms with Crippen LogP contribution >= 0.6 is 0 Å². The summed E-state index contributed by atoms with van der Waals surface area (Å²) in [6, 6.07) is 19.8. The molecule has 0 unspecified atom stereocenters. The minimum absolute atomic E-state index is 0.764. The van der Waals surface area contributed by atoms with E-state index in [0.29, 0.717) is 0 Å². The maximum absolute atomic E-state index is 6.02. The summed E-state index contributed by atoms with van der Waals surface area (Å²) in [6.07, 6.45) is 0. The van der Waals surface area contributed by atoms with Crippen molar-refractivity contribution in [3.8, 4) is 17.3 Å². The number of ether oxygens (including phenoxy) is 1. The summed E-state index contributed by atoms with van der Waals surface area (Å²) in [7, 11) is 0. The summed E-state index contributed by atoms with van der Waals surface area (Å²) in [5, 5.41) is 4.57. The van der Waals surface area contributed by atoms with Crippen molar-refractivity contribution in [2.24, 2.45) is 0 Å². The molecule has 3 aromatic rings. The van der Waals surface area contributed by atoms with E-state index in [0.717, 1.165) is 28.6 Å². The molecule has 0 aliphatic heterocycles. The van der Waals surface area contributed by atoms with Crippen molar-refractivity contribution in [3.05, 3.63) is 71.9 Å². The first-order chi connectivity index (χ1) is 9.75. The number of hydrogen-bond acceptors (Lipinski definition) is 2. The normalized spacial score (nSPS) is 10.5. The number of para-hydroxylation sites is 2. The van der Waals surface area contributed by atoms with Gasteiger partial charge in [0.05, 0.1) is 11.4 Å². The van der Waals surface area contributed by atoms with Crippen molar-refractivity contribution >= 4 is 0 Å². The second-order valence-electron chi connectivity index (χ2n) is 4.68. The molecule has 0 spiro atoms. The Labute approximate surface area is 118 Å². The van der Waals surface area contributed by atoms with Gasteiger partial charge in [0.2, 0.25) is 5.88 Å². The molecule has 3 rings (SSSR count). The largest absolute Gasteiger partial charge is 0.439 e. The Morgan fingerprint density at radius 1 is 0.850 bits per heavy atom. The Morgan fingerprint density at radius 2 is 1.45 bits per heavy atom. The Morgan fingerprint density at radius 3 is 2.10 bits per heavy atom.